The Morgan fingerprint density at radius 2 is 0.765 bits per heavy atom. The Labute approximate surface area is 119 Å². The molecule has 0 aromatic rings. The molecule has 0 aromatic heterocycles. The van der Waals surface area contributed by atoms with Crippen LogP contribution in [0.5, 0.6) is 0 Å². The fourth-order valence-corrected chi connectivity index (χ4v) is 2.78. The Balaban J connectivity index is 2.85. The van der Waals surface area contributed by atoms with Crippen LogP contribution in [0.4, 0.5) is 0 Å². The first-order valence-electron chi connectivity index (χ1n) is 8.02. The summed E-state index contributed by atoms with van der Waals surface area (Å²) in [6.45, 7) is 2.29. The third-order valence-electron chi connectivity index (χ3n) is 3.51. The topological polar surface area (TPSA) is 0 Å². The number of hydrogen-bond donors (Lipinski definition) is 0. The van der Waals surface area contributed by atoms with Crippen LogP contribution >= 0.6 is 0 Å². The van der Waals surface area contributed by atoms with Crippen molar-refractivity contribution in [3.05, 3.63) is 0 Å². The molecule has 0 spiro atoms. The first-order chi connectivity index (χ1) is 8.41. The Kier molecular flexibility index (Phi) is 17.1. The Morgan fingerprint density at radius 1 is 0.471 bits per heavy atom. The molecule has 0 aliphatic carbocycles. The van der Waals surface area contributed by atoms with Gasteiger partial charge in [-0.25, -0.2) is 0 Å². The van der Waals surface area contributed by atoms with Crippen molar-refractivity contribution in [3.8, 4) is 0 Å². The molecule has 17 heavy (non-hydrogen) atoms. The first-order valence-corrected chi connectivity index (χ1v) is 9.35. The maximum absolute atomic E-state index is 2.69. The van der Waals surface area contributed by atoms with E-state index < -0.39 is 0 Å². The number of rotatable bonds is 14. The average Bonchev–Trinajstić information content (AvgIpc) is 2.35. The van der Waals surface area contributed by atoms with E-state index in [2.05, 4.69) is 23.8 Å². The van der Waals surface area contributed by atoms with Gasteiger partial charge in [-0.2, -0.15) is 0 Å². The van der Waals surface area contributed by atoms with E-state index in [1.807, 2.05) is 0 Å². The second kappa shape index (κ2) is 16.6. The van der Waals surface area contributed by atoms with Crippen molar-refractivity contribution in [1.29, 1.82) is 0 Å². The van der Waals surface area contributed by atoms with Crippen LogP contribution in [0.1, 0.15) is 96.8 Å². The van der Waals surface area contributed by atoms with Crippen LogP contribution in [0.15, 0.2) is 0 Å². The minimum atomic E-state index is 1.31. The Morgan fingerprint density at radius 3 is 1.06 bits per heavy atom. The third kappa shape index (κ3) is 16.6. The van der Waals surface area contributed by atoms with E-state index in [1.54, 1.807) is 0 Å². The van der Waals surface area contributed by atoms with Gasteiger partial charge in [-0.05, 0) is 0 Å². The SMILES string of the molecule is CCCCCCCCCCCCCCCC[As]. The molecule has 2 radical (unpaired) electrons. The Hall–Kier alpha value is 0.558. The molecule has 0 heterocycles. The fraction of sp³-hybridized carbons (Fsp3) is 1.00. The van der Waals surface area contributed by atoms with Crippen molar-refractivity contribution in [1.82, 2.24) is 0 Å². The van der Waals surface area contributed by atoms with Gasteiger partial charge >= 0.3 is 92.7 Å². The van der Waals surface area contributed by atoms with Crippen molar-refractivity contribution in [2.24, 2.45) is 0 Å². The van der Waals surface area contributed by atoms with Gasteiger partial charge in [-0.15, -0.1) is 0 Å². The van der Waals surface area contributed by atoms with Crippen molar-refractivity contribution < 1.29 is 0 Å². The van der Waals surface area contributed by atoms with Gasteiger partial charge in [0.15, 0.2) is 0 Å². The molecule has 1 heteroatoms. The second-order valence-electron chi connectivity index (χ2n) is 5.32. The molecule has 0 saturated heterocycles. The van der Waals surface area contributed by atoms with E-state index >= 15 is 0 Å². The van der Waals surface area contributed by atoms with Crippen LogP contribution < -0.4 is 0 Å². The van der Waals surface area contributed by atoms with Crippen LogP contribution in [-0.4, -0.2) is 16.9 Å². The predicted octanol–water partition coefficient (Wildman–Crippen LogP) is 6.05. The molecule has 0 aromatic carbocycles. The van der Waals surface area contributed by atoms with Crippen LogP contribution in [-0.2, 0) is 0 Å². The second-order valence-corrected chi connectivity index (χ2v) is 6.26. The van der Waals surface area contributed by atoms with Crippen molar-refractivity contribution in [2.75, 3.05) is 0 Å². The molecule has 0 unspecified atom stereocenters. The molecule has 0 rings (SSSR count). The maximum atomic E-state index is 2.69. The van der Waals surface area contributed by atoms with E-state index in [0.29, 0.717) is 0 Å². The van der Waals surface area contributed by atoms with Gasteiger partial charge in [0.1, 0.15) is 0 Å². The Bertz CT molecular complexity index is 109. The molecular formula is C16H33As. The van der Waals surface area contributed by atoms with Crippen molar-refractivity contribution in [3.63, 3.8) is 0 Å². The van der Waals surface area contributed by atoms with E-state index in [0.717, 1.165) is 0 Å². The number of hydrogen-bond acceptors (Lipinski definition) is 0. The summed E-state index contributed by atoms with van der Waals surface area (Å²) in [5, 5.41) is 1.31. The molecule has 0 N–H and O–H groups in total. The van der Waals surface area contributed by atoms with E-state index in [4.69, 9.17) is 0 Å². The van der Waals surface area contributed by atoms with Crippen LogP contribution in [0.2, 0.25) is 5.21 Å². The summed E-state index contributed by atoms with van der Waals surface area (Å²) in [4.78, 5) is 0. The van der Waals surface area contributed by atoms with E-state index in [1.165, 1.54) is 95.1 Å². The molecule has 0 atom stereocenters. The molecule has 0 saturated carbocycles. The predicted molar refractivity (Wildman–Crippen MR) is 80.9 cm³/mol. The van der Waals surface area contributed by atoms with E-state index in [9.17, 15) is 0 Å². The zero-order valence-corrected chi connectivity index (χ0v) is 13.9. The number of unbranched alkanes of at least 4 members (excludes halogenated alkanes) is 13. The third-order valence-corrected chi connectivity index (χ3v) is 4.18. The van der Waals surface area contributed by atoms with Gasteiger partial charge < -0.3 is 0 Å². The van der Waals surface area contributed by atoms with Crippen LogP contribution in [0, 0.1) is 0 Å². The van der Waals surface area contributed by atoms with Crippen molar-refractivity contribution in [2.45, 2.75) is 102 Å². The molecule has 102 valence electrons. The first kappa shape index (κ1) is 17.6. The zero-order valence-electron chi connectivity index (χ0n) is 12.1. The average molecular weight is 300 g/mol. The van der Waals surface area contributed by atoms with Gasteiger partial charge in [0.25, 0.3) is 0 Å². The molecule has 0 bridgehead atoms. The summed E-state index contributed by atoms with van der Waals surface area (Å²) in [6.07, 6.45) is 20.5. The van der Waals surface area contributed by atoms with Crippen LogP contribution in [0.25, 0.3) is 0 Å². The molecule has 0 fully saturated rings. The summed E-state index contributed by atoms with van der Waals surface area (Å²) < 4.78 is 0. The molecule has 0 aliphatic rings. The summed E-state index contributed by atoms with van der Waals surface area (Å²) in [5.74, 6) is 0. The van der Waals surface area contributed by atoms with Gasteiger partial charge in [0, 0.05) is 0 Å². The standard InChI is InChI=1S/C16H33As/c1-2-3-4-5-6-7-8-9-10-11-12-13-14-15-16-17/h2-16H2,1H3. The molecule has 0 aliphatic heterocycles. The van der Waals surface area contributed by atoms with E-state index in [-0.39, 0.29) is 0 Å². The van der Waals surface area contributed by atoms with Gasteiger partial charge in [0.05, 0.1) is 0 Å². The summed E-state index contributed by atoms with van der Waals surface area (Å²) in [7, 11) is 0. The zero-order chi connectivity index (χ0) is 12.6. The van der Waals surface area contributed by atoms with Crippen LogP contribution in [0.3, 0.4) is 0 Å². The molecular weight excluding hydrogens is 267 g/mol. The van der Waals surface area contributed by atoms with Crippen molar-refractivity contribution >= 4 is 16.9 Å². The normalized spacial score (nSPS) is 10.9. The quantitative estimate of drug-likeness (QED) is 0.270. The molecule has 0 amide bonds. The summed E-state index contributed by atoms with van der Waals surface area (Å²) >= 11 is 2.69. The minimum absolute atomic E-state index is 1.31. The fourth-order valence-electron chi connectivity index (χ4n) is 2.31. The monoisotopic (exact) mass is 300 g/mol. The van der Waals surface area contributed by atoms with Gasteiger partial charge in [-0.3, -0.25) is 0 Å². The molecule has 0 nitrogen and oxygen atoms in total. The summed E-state index contributed by atoms with van der Waals surface area (Å²) in [5.41, 5.74) is 0. The van der Waals surface area contributed by atoms with Gasteiger partial charge in [-0.1, -0.05) is 26.2 Å². The summed E-state index contributed by atoms with van der Waals surface area (Å²) in [6, 6.07) is 0. The van der Waals surface area contributed by atoms with Gasteiger partial charge in [0.2, 0.25) is 0 Å².